The number of carbonyl (C=O) groups excluding carboxylic acids is 15. The van der Waals surface area contributed by atoms with Crippen LogP contribution in [0.3, 0.4) is 0 Å². The second-order valence-corrected chi connectivity index (χ2v) is 27.9. The van der Waals surface area contributed by atoms with Crippen LogP contribution in [0.15, 0.2) is 5.11 Å². The summed E-state index contributed by atoms with van der Waals surface area (Å²) in [5.74, 6) is -8.97. The number of nitrogens with one attached hydrogen (secondary N) is 6. The summed E-state index contributed by atoms with van der Waals surface area (Å²) < 4.78 is 103. The number of carbonyl (C=O) groups is 15. The molecular formula is C74H119N9O33. The van der Waals surface area contributed by atoms with Gasteiger partial charge >= 0.3 is 53.7 Å². The maximum Gasteiger partial charge on any atom is 0.303 e. The van der Waals surface area contributed by atoms with Crippen LogP contribution in [0.1, 0.15) is 179 Å². The Balaban J connectivity index is 1.58. The topological polar surface area (TPSA) is 543 Å². The molecule has 3 rings (SSSR count). The number of unbranched alkanes of at least 4 members (excludes halogenated alkanes) is 9. The maximum atomic E-state index is 13.1. The second kappa shape index (κ2) is 56.4. The van der Waals surface area contributed by atoms with Crippen molar-refractivity contribution in [2.75, 3.05) is 105 Å². The van der Waals surface area contributed by atoms with Crippen molar-refractivity contribution in [1.82, 2.24) is 31.9 Å². The molecule has 3 aliphatic rings. The Bertz CT molecular complexity index is 2890. The molecule has 0 spiro atoms. The first-order valence-corrected chi connectivity index (χ1v) is 38.7. The van der Waals surface area contributed by atoms with Gasteiger partial charge in [-0.05, 0) is 44.1 Å². The van der Waals surface area contributed by atoms with Gasteiger partial charge in [-0.3, -0.25) is 71.9 Å². The largest absolute Gasteiger partial charge is 0.463 e. The van der Waals surface area contributed by atoms with Crippen molar-refractivity contribution in [3.05, 3.63) is 10.4 Å². The Labute approximate surface area is 673 Å². The van der Waals surface area contributed by atoms with E-state index in [9.17, 15) is 77.4 Å². The van der Waals surface area contributed by atoms with Gasteiger partial charge in [0.1, 0.15) is 56.3 Å². The fraction of sp³-hybridized carbons (Fsp3) is 0.797. The molecule has 3 heterocycles. The van der Waals surface area contributed by atoms with Gasteiger partial charge in [0.25, 0.3) is 0 Å². The molecule has 3 saturated heterocycles. The van der Waals surface area contributed by atoms with Gasteiger partial charge in [0.05, 0.1) is 39.6 Å². The van der Waals surface area contributed by atoms with Crippen LogP contribution in [0.5, 0.6) is 0 Å². The van der Waals surface area contributed by atoms with Crippen molar-refractivity contribution in [3.8, 4) is 0 Å². The van der Waals surface area contributed by atoms with Crippen molar-refractivity contribution in [1.29, 1.82) is 0 Å². The summed E-state index contributed by atoms with van der Waals surface area (Å²) >= 11 is 0. The molecule has 0 bridgehead atoms. The van der Waals surface area contributed by atoms with Crippen LogP contribution >= 0.6 is 0 Å². The molecule has 8 unspecified atom stereocenters. The van der Waals surface area contributed by atoms with E-state index in [1.54, 1.807) is 0 Å². The van der Waals surface area contributed by atoms with E-state index in [0.717, 1.165) is 41.5 Å². The third-order valence-electron chi connectivity index (χ3n) is 17.4. The molecule has 0 aromatic heterocycles. The Hall–Kier alpha value is -9.00. The summed E-state index contributed by atoms with van der Waals surface area (Å²) in [7, 11) is 0. The minimum Gasteiger partial charge on any atom is -0.463 e. The molecule has 658 valence electrons. The van der Waals surface area contributed by atoms with Crippen molar-refractivity contribution in [2.24, 2.45) is 10.5 Å². The van der Waals surface area contributed by atoms with Crippen LogP contribution in [0.25, 0.3) is 10.4 Å². The first-order valence-electron chi connectivity index (χ1n) is 38.7. The molecule has 42 heteroatoms. The molecule has 42 nitrogen and oxygen atoms in total. The smallest absolute Gasteiger partial charge is 0.303 e. The number of hydrogen-bond acceptors (Lipinski definition) is 34. The summed E-state index contributed by atoms with van der Waals surface area (Å²) in [5, 5.41) is 20.3. The van der Waals surface area contributed by atoms with Crippen LogP contribution in [0.4, 0.5) is 0 Å². The predicted molar refractivity (Wildman–Crippen MR) is 397 cm³/mol. The lowest BCUT2D eigenvalue weighted by Crippen LogP contribution is -2.66. The monoisotopic (exact) mass is 1660 g/mol. The minimum absolute atomic E-state index is 0.0658. The second-order valence-electron chi connectivity index (χ2n) is 27.9. The highest BCUT2D eigenvalue weighted by Gasteiger charge is 2.54. The zero-order chi connectivity index (χ0) is 86.1. The van der Waals surface area contributed by atoms with E-state index in [4.69, 9.17) is 85.3 Å². The van der Waals surface area contributed by atoms with Gasteiger partial charge in [0.2, 0.25) is 35.4 Å². The van der Waals surface area contributed by atoms with E-state index in [1.165, 1.54) is 41.5 Å². The van der Waals surface area contributed by atoms with Gasteiger partial charge in [-0.1, -0.05) is 43.6 Å². The van der Waals surface area contributed by atoms with Gasteiger partial charge in [0, 0.05) is 159 Å². The Kier molecular flexibility index (Phi) is 49.2. The standard InChI is InChI=1S/C74H119N9O33/c1-44(84)80-62-68(111-53(10)93)65(108-50(7)90)56(37-105-47(4)87)114-71(62)102-31-22-16-13-19-28-76-59(96)25-34-99-41-74(40-79-83-75,42-100-35-26-60(97)77-29-20-14-17-23-32-103-72-63(81-45(2)85)69(112-54(11)94)66(109-51(8)91)57(115-72)38-106-48(5)88)43-101-36-27-61(98)78-30-21-15-18-24-33-104-73-64(82-46(3)86)70(113-55(12)95)67(110-52(9)92)58(116-73)39-107-49(6)89/h56-58,62-73H,13-43H2,1-12H3,(H,76,96)(H,77,97)(H,78,98)(H,80,84)(H,81,85)(H,82,86)/t56?,57?,58?,62-,63?,64?,65+,66+,67+,68?,69?,70?,71-,72-,73-,74?/m1/s1. The summed E-state index contributed by atoms with van der Waals surface area (Å²) in [6.07, 6.45) is -7.81. The lowest BCUT2D eigenvalue weighted by Gasteiger charge is -2.44. The molecule has 3 aliphatic heterocycles. The zero-order valence-electron chi connectivity index (χ0n) is 68.4. The molecule has 15 atom stereocenters. The SMILES string of the molecule is CC(=O)NC1C(OC(C)=O)[C@@H](OC(C)=O)C(COC(C)=O)O[C@H]1OCCCCCCNC(=O)CCOCC(CN=[N+]=[N-])(COCCC(=O)NCCCCCCO[C@@H]1OC(COC(C)=O)[C@H](OC(C)=O)C(OC(C)=O)C1NC(C)=O)COCCC(=O)NCCCCCCO[C@@H]1OC(COC(C)=O)[C@H](OC(C)=O)C(OC(C)=O)[C@H]1NC(C)=O. The van der Waals surface area contributed by atoms with Crippen LogP contribution in [-0.2, 0) is 157 Å². The van der Waals surface area contributed by atoms with Crippen molar-refractivity contribution < 1.29 is 157 Å². The van der Waals surface area contributed by atoms with Gasteiger partial charge in [0.15, 0.2) is 55.5 Å². The van der Waals surface area contributed by atoms with Crippen LogP contribution < -0.4 is 31.9 Å². The van der Waals surface area contributed by atoms with Crippen LogP contribution in [0, 0.1) is 5.41 Å². The number of esters is 9. The number of amides is 6. The first kappa shape index (κ1) is 101. The van der Waals surface area contributed by atoms with Gasteiger partial charge in [-0.2, -0.15) is 0 Å². The minimum atomic E-state index is -1.27. The van der Waals surface area contributed by atoms with Gasteiger partial charge < -0.3 is 117 Å². The highest BCUT2D eigenvalue weighted by molar-refractivity contribution is 5.78. The molecule has 0 radical (unpaired) electrons. The van der Waals surface area contributed by atoms with E-state index < -0.39 is 169 Å². The molecule has 116 heavy (non-hydrogen) atoms. The van der Waals surface area contributed by atoms with Crippen LogP contribution in [0.2, 0.25) is 0 Å². The summed E-state index contributed by atoms with van der Waals surface area (Å²) in [4.78, 5) is 187. The van der Waals surface area contributed by atoms with Crippen molar-refractivity contribution >= 4 is 89.2 Å². The molecule has 6 N–H and O–H groups in total. The first-order chi connectivity index (χ1) is 55.1. The molecule has 0 aliphatic carbocycles. The number of rotatable bonds is 56. The quantitative estimate of drug-likeness (QED) is 0.0126. The van der Waals surface area contributed by atoms with Crippen LogP contribution in [-0.4, -0.2) is 287 Å². The molecular weight excluding hydrogens is 1540 g/mol. The summed E-state index contributed by atoms with van der Waals surface area (Å²) in [5.41, 5.74) is 8.34. The van der Waals surface area contributed by atoms with E-state index in [-0.39, 0.29) is 123 Å². The average Bonchev–Trinajstić information content (AvgIpc) is 0.798. The van der Waals surface area contributed by atoms with Gasteiger partial charge in [-0.15, -0.1) is 0 Å². The van der Waals surface area contributed by atoms with Gasteiger partial charge in [-0.25, -0.2) is 0 Å². The average molecular weight is 1660 g/mol. The van der Waals surface area contributed by atoms with E-state index >= 15 is 0 Å². The van der Waals surface area contributed by atoms with E-state index in [0.29, 0.717) is 96.7 Å². The fourth-order valence-corrected chi connectivity index (χ4v) is 12.4. The highest BCUT2D eigenvalue weighted by atomic mass is 16.7. The lowest BCUT2D eigenvalue weighted by atomic mass is 9.91. The molecule has 0 aromatic carbocycles. The lowest BCUT2D eigenvalue weighted by molar-refractivity contribution is -0.277. The Morgan fingerprint density at radius 1 is 0.336 bits per heavy atom. The molecule has 6 amide bonds. The number of azide groups is 1. The van der Waals surface area contributed by atoms with E-state index in [2.05, 4.69) is 41.9 Å². The third-order valence-corrected chi connectivity index (χ3v) is 17.4. The fourth-order valence-electron chi connectivity index (χ4n) is 12.4. The molecule has 3 fully saturated rings. The highest BCUT2D eigenvalue weighted by Crippen LogP contribution is 2.32. The molecule has 0 saturated carbocycles. The summed E-state index contributed by atoms with van der Waals surface area (Å²) in [6, 6.07) is -3.36. The normalized spacial score (nSPS) is 23.3. The number of ether oxygens (including phenoxy) is 18. The Morgan fingerprint density at radius 3 is 0.819 bits per heavy atom. The number of hydrogen-bond donors (Lipinski definition) is 6. The predicted octanol–water partition coefficient (Wildman–Crippen LogP) is 1.55. The Morgan fingerprint density at radius 2 is 0.586 bits per heavy atom. The number of nitrogens with zero attached hydrogens (tertiary/aromatic N) is 3. The maximum absolute atomic E-state index is 13.1. The molecule has 0 aromatic rings. The van der Waals surface area contributed by atoms with E-state index in [1.807, 2.05) is 0 Å². The third kappa shape index (κ3) is 42.2. The van der Waals surface area contributed by atoms with Crippen molar-refractivity contribution in [3.63, 3.8) is 0 Å². The summed E-state index contributed by atoms with van der Waals surface area (Å²) in [6.45, 7) is 13.2. The zero-order valence-corrected chi connectivity index (χ0v) is 68.4. The van der Waals surface area contributed by atoms with Crippen molar-refractivity contribution in [2.45, 2.75) is 271 Å².